The summed E-state index contributed by atoms with van der Waals surface area (Å²) in [5.74, 6) is -0.196. The van der Waals surface area contributed by atoms with E-state index >= 15 is 0 Å². The highest BCUT2D eigenvalue weighted by Crippen LogP contribution is 2.19. The molecule has 1 N–H and O–H groups in total. The molecule has 0 saturated carbocycles. The van der Waals surface area contributed by atoms with Crippen molar-refractivity contribution in [3.8, 4) is 0 Å². The Morgan fingerprint density at radius 1 is 1.07 bits per heavy atom. The third kappa shape index (κ3) is 5.17. The number of anilines is 2. The fraction of sp³-hybridized carbons (Fsp3) is 0.250. The van der Waals surface area contributed by atoms with Gasteiger partial charge >= 0.3 is 0 Å². The molecule has 2 amide bonds. The Morgan fingerprint density at radius 3 is 2.46 bits per heavy atom. The van der Waals surface area contributed by atoms with Crippen LogP contribution in [0.1, 0.15) is 20.9 Å². The van der Waals surface area contributed by atoms with Gasteiger partial charge in [0.2, 0.25) is 5.91 Å². The first kappa shape index (κ1) is 20.0. The zero-order valence-corrected chi connectivity index (χ0v) is 17.6. The molecule has 0 bridgehead atoms. The van der Waals surface area contributed by atoms with Crippen LogP contribution < -0.4 is 10.2 Å². The second kappa shape index (κ2) is 8.99. The molecule has 0 atom stereocenters. The largest absolute Gasteiger partial charge is 0.378 e. The number of amides is 2. The summed E-state index contributed by atoms with van der Waals surface area (Å²) in [6, 6.07) is 11.7. The van der Waals surface area contributed by atoms with Gasteiger partial charge in [-0.2, -0.15) is 0 Å². The van der Waals surface area contributed by atoms with E-state index in [4.69, 9.17) is 0 Å². The fourth-order valence-electron chi connectivity index (χ4n) is 2.56. The van der Waals surface area contributed by atoms with E-state index < -0.39 is 0 Å². The highest BCUT2D eigenvalue weighted by atomic mass is 32.1. The van der Waals surface area contributed by atoms with Gasteiger partial charge in [-0.3, -0.25) is 14.9 Å². The Kier molecular flexibility index (Phi) is 6.43. The topological polar surface area (TPSA) is 65.5 Å². The maximum Gasteiger partial charge on any atom is 0.267 e. The Labute approximate surface area is 172 Å². The lowest BCUT2D eigenvalue weighted by Crippen LogP contribution is -2.27. The van der Waals surface area contributed by atoms with Crippen LogP contribution >= 0.6 is 22.7 Å². The first-order valence-corrected chi connectivity index (χ1v) is 10.5. The van der Waals surface area contributed by atoms with Gasteiger partial charge in [-0.25, -0.2) is 4.98 Å². The van der Waals surface area contributed by atoms with Crippen LogP contribution in [0, 0.1) is 0 Å². The molecule has 0 spiro atoms. The van der Waals surface area contributed by atoms with Crippen molar-refractivity contribution in [2.45, 2.75) is 13.0 Å². The zero-order valence-electron chi connectivity index (χ0n) is 16.0. The van der Waals surface area contributed by atoms with Crippen LogP contribution in [0.4, 0.5) is 10.8 Å². The third-order valence-electron chi connectivity index (χ3n) is 4.15. The third-order valence-corrected chi connectivity index (χ3v) is 5.82. The van der Waals surface area contributed by atoms with Crippen molar-refractivity contribution in [1.82, 2.24) is 9.88 Å². The molecule has 6 nitrogen and oxygen atoms in total. The molecular formula is C20H22N4O2S2. The smallest absolute Gasteiger partial charge is 0.267 e. The number of hydrogen-bond donors (Lipinski definition) is 1. The predicted octanol–water partition coefficient (Wildman–Crippen LogP) is 3.72. The lowest BCUT2D eigenvalue weighted by Gasteiger charge is -2.18. The lowest BCUT2D eigenvalue weighted by atomic mass is 10.2. The number of thiazole rings is 1. The van der Waals surface area contributed by atoms with Crippen molar-refractivity contribution >= 4 is 45.3 Å². The minimum atomic E-state index is -0.180. The zero-order chi connectivity index (χ0) is 20.1. The van der Waals surface area contributed by atoms with Gasteiger partial charge < -0.3 is 9.80 Å². The van der Waals surface area contributed by atoms with Crippen molar-refractivity contribution in [3.05, 3.63) is 63.3 Å². The molecule has 1 aromatic carbocycles. The summed E-state index contributed by atoms with van der Waals surface area (Å²) in [5.41, 5.74) is 2.85. The summed E-state index contributed by atoms with van der Waals surface area (Å²) in [5, 5.41) is 6.93. The number of carbonyl (C=O) groups excluding carboxylic acids is 2. The van der Waals surface area contributed by atoms with E-state index in [9.17, 15) is 9.59 Å². The molecule has 2 heterocycles. The van der Waals surface area contributed by atoms with E-state index in [0.717, 1.165) is 11.3 Å². The van der Waals surface area contributed by atoms with Crippen LogP contribution in [0.3, 0.4) is 0 Å². The fourth-order valence-corrected chi connectivity index (χ4v) is 3.89. The molecule has 0 fully saturated rings. The van der Waals surface area contributed by atoms with Crippen LogP contribution in [0.5, 0.6) is 0 Å². The highest BCUT2D eigenvalue weighted by Gasteiger charge is 2.14. The summed E-state index contributed by atoms with van der Waals surface area (Å²) < 4.78 is 0. The second-order valence-corrected chi connectivity index (χ2v) is 8.37. The Balaban J connectivity index is 1.54. The number of aromatic nitrogens is 1. The average Bonchev–Trinajstić information content (AvgIpc) is 3.34. The second-order valence-electron chi connectivity index (χ2n) is 6.56. The van der Waals surface area contributed by atoms with Gasteiger partial charge in [-0.15, -0.1) is 22.7 Å². The monoisotopic (exact) mass is 414 g/mol. The number of likely N-dealkylation sites (N-methyl/N-ethyl adjacent to an activating group) is 1. The highest BCUT2D eigenvalue weighted by molar-refractivity contribution is 7.14. The van der Waals surface area contributed by atoms with Crippen LogP contribution in [-0.4, -0.2) is 42.8 Å². The van der Waals surface area contributed by atoms with E-state index in [-0.39, 0.29) is 18.2 Å². The molecule has 0 aliphatic rings. The van der Waals surface area contributed by atoms with Crippen LogP contribution in [0.25, 0.3) is 0 Å². The maximum atomic E-state index is 12.5. The van der Waals surface area contributed by atoms with Gasteiger partial charge in [0.15, 0.2) is 5.13 Å². The van der Waals surface area contributed by atoms with Gasteiger partial charge in [0.1, 0.15) is 0 Å². The number of nitrogens with zero attached hydrogens (tertiary/aromatic N) is 3. The van der Waals surface area contributed by atoms with Crippen molar-refractivity contribution < 1.29 is 9.59 Å². The minimum Gasteiger partial charge on any atom is -0.378 e. The summed E-state index contributed by atoms with van der Waals surface area (Å²) in [4.78, 5) is 33.3. The Morgan fingerprint density at radius 2 is 1.82 bits per heavy atom. The van der Waals surface area contributed by atoms with Gasteiger partial charge in [0.05, 0.1) is 17.0 Å². The molecular weight excluding hydrogens is 392 g/mol. The summed E-state index contributed by atoms with van der Waals surface area (Å²) in [6.07, 6.45) is 0.206. The van der Waals surface area contributed by atoms with Gasteiger partial charge in [0, 0.05) is 38.8 Å². The predicted molar refractivity (Wildman–Crippen MR) is 115 cm³/mol. The maximum absolute atomic E-state index is 12.5. The molecule has 0 saturated heterocycles. The number of hydrogen-bond acceptors (Lipinski definition) is 6. The van der Waals surface area contributed by atoms with E-state index in [1.807, 2.05) is 60.1 Å². The standard InChI is InChI=1S/C20H22N4O2S2/c1-23(2)16-8-6-14(7-9-16)12-24(3)18(25)11-15-13-28-20(21-15)22-19(26)17-5-4-10-27-17/h4-10,13H,11-12H2,1-3H3,(H,21,22,26). The first-order valence-electron chi connectivity index (χ1n) is 8.72. The molecule has 0 aliphatic heterocycles. The number of nitrogens with one attached hydrogen (secondary N) is 1. The molecule has 0 radical (unpaired) electrons. The van der Waals surface area contributed by atoms with Crippen molar-refractivity contribution in [2.75, 3.05) is 31.4 Å². The van der Waals surface area contributed by atoms with E-state index in [2.05, 4.69) is 10.3 Å². The Bertz CT molecular complexity index is 934. The molecule has 3 aromatic rings. The first-order chi connectivity index (χ1) is 13.4. The minimum absolute atomic E-state index is 0.0156. The molecule has 0 unspecified atom stereocenters. The lowest BCUT2D eigenvalue weighted by molar-refractivity contribution is -0.129. The van der Waals surface area contributed by atoms with Crippen LogP contribution in [-0.2, 0) is 17.8 Å². The normalized spacial score (nSPS) is 10.5. The molecule has 28 heavy (non-hydrogen) atoms. The van der Waals surface area contributed by atoms with Crippen molar-refractivity contribution in [2.24, 2.45) is 0 Å². The number of benzene rings is 1. The Hall–Kier alpha value is -2.71. The summed E-state index contributed by atoms with van der Waals surface area (Å²) in [7, 11) is 5.78. The van der Waals surface area contributed by atoms with E-state index in [0.29, 0.717) is 22.2 Å². The summed E-state index contributed by atoms with van der Waals surface area (Å²) >= 11 is 2.70. The van der Waals surface area contributed by atoms with Gasteiger partial charge in [0.25, 0.3) is 5.91 Å². The van der Waals surface area contributed by atoms with Crippen LogP contribution in [0.2, 0.25) is 0 Å². The van der Waals surface area contributed by atoms with Gasteiger partial charge in [-0.05, 0) is 29.1 Å². The SMILES string of the molecule is CN(Cc1ccc(N(C)C)cc1)C(=O)Cc1csc(NC(=O)c2cccs2)n1. The average molecular weight is 415 g/mol. The van der Waals surface area contributed by atoms with Crippen molar-refractivity contribution in [1.29, 1.82) is 0 Å². The van der Waals surface area contributed by atoms with Crippen LogP contribution in [0.15, 0.2) is 47.2 Å². The quantitative estimate of drug-likeness (QED) is 0.640. The van der Waals surface area contributed by atoms with Crippen molar-refractivity contribution in [3.63, 3.8) is 0 Å². The molecule has 146 valence electrons. The molecule has 8 heteroatoms. The molecule has 3 rings (SSSR count). The molecule has 0 aliphatic carbocycles. The number of thiophene rings is 1. The number of carbonyl (C=O) groups is 2. The molecule has 2 aromatic heterocycles. The summed E-state index contributed by atoms with van der Waals surface area (Å²) in [6.45, 7) is 0.540. The van der Waals surface area contributed by atoms with E-state index in [1.54, 1.807) is 18.0 Å². The van der Waals surface area contributed by atoms with Gasteiger partial charge in [-0.1, -0.05) is 18.2 Å². The van der Waals surface area contributed by atoms with E-state index in [1.165, 1.54) is 22.7 Å². The number of rotatable bonds is 7.